The number of carbonyl (C=O) groups is 1. The SMILES string of the molecule is CCCC1(C(=O)NC(CCO)C(C)C)CCNC1. The van der Waals surface area contributed by atoms with Crippen LogP contribution >= 0.6 is 0 Å². The summed E-state index contributed by atoms with van der Waals surface area (Å²) in [5, 5.41) is 15.5. The van der Waals surface area contributed by atoms with Crippen LogP contribution in [0.25, 0.3) is 0 Å². The van der Waals surface area contributed by atoms with E-state index in [4.69, 9.17) is 5.11 Å². The number of nitrogens with one attached hydrogen (secondary N) is 2. The highest BCUT2D eigenvalue weighted by atomic mass is 16.3. The number of aliphatic hydroxyl groups is 1. The van der Waals surface area contributed by atoms with E-state index < -0.39 is 0 Å². The zero-order chi connectivity index (χ0) is 13.6. The molecule has 1 aliphatic heterocycles. The molecule has 106 valence electrons. The van der Waals surface area contributed by atoms with Crippen molar-refractivity contribution in [3.8, 4) is 0 Å². The Morgan fingerprint density at radius 3 is 2.67 bits per heavy atom. The first-order chi connectivity index (χ1) is 8.55. The summed E-state index contributed by atoms with van der Waals surface area (Å²) in [6.45, 7) is 8.14. The van der Waals surface area contributed by atoms with Crippen molar-refractivity contribution in [1.82, 2.24) is 10.6 Å². The summed E-state index contributed by atoms with van der Waals surface area (Å²) in [5.74, 6) is 0.524. The molecule has 0 spiro atoms. The first kappa shape index (κ1) is 15.4. The van der Waals surface area contributed by atoms with Gasteiger partial charge in [0.15, 0.2) is 0 Å². The first-order valence-electron chi connectivity index (χ1n) is 7.18. The van der Waals surface area contributed by atoms with Crippen LogP contribution in [0.3, 0.4) is 0 Å². The second-order valence-corrected chi connectivity index (χ2v) is 5.79. The van der Waals surface area contributed by atoms with E-state index in [2.05, 4.69) is 31.4 Å². The van der Waals surface area contributed by atoms with Crippen molar-refractivity contribution in [1.29, 1.82) is 0 Å². The molecule has 0 radical (unpaired) electrons. The molecule has 4 heteroatoms. The molecule has 0 saturated carbocycles. The van der Waals surface area contributed by atoms with E-state index >= 15 is 0 Å². The van der Waals surface area contributed by atoms with E-state index in [9.17, 15) is 4.79 Å². The second kappa shape index (κ2) is 7.10. The van der Waals surface area contributed by atoms with E-state index in [0.717, 1.165) is 32.4 Å². The number of rotatable bonds is 7. The minimum absolute atomic E-state index is 0.0804. The first-order valence-corrected chi connectivity index (χ1v) is 7.18. The molecule has 1 amide bonds. The molecular formula is C14H28N2O2. The fourth-order valence-electron chi connectivity index (χ4n) is 2.78. The van der Waals surface area contributed by atoms with Crippen LogP contribution in [0.2, 0.25) is 0 Å². The van der Waals surface area contributed by atoms with Crippen molar-refractivity contribution >= 4 is 5.91 Å². The molecule has 2 atom stereocenters. The molecule has 1 aliphatic rings. The molecule has 1 rings (SSSR count). The average Bonchev–Trinajstić information content (AvgIpc) is 2.78. The minimum atomic E-state index is -0.225. The Bertz CT molecular complexity index is 261. The highest BCUT2D eigenvalue weighted by molar-refractivity contribution is 5.83. The topological polar surface area (TPSA) is 61.4 Å². The summed E-state index contributed by atoms with van der Waals surface area (Å²) in [6, 6.07) is 0.0804. The summed E-state index contributed by atoms with van der Waals surface area (Å²) in [7, 11) is 0. The Morgan fingerprint density at radius 2 is 2.22 bits per heavy atom. The monoisotopic (exact) mass is 256 g/mol. The maximum atomic E-state index is 12.5. The Hall–Kier alpha value is -0.610. The van der Waals surface area contributed by atoms with Gasteiger partial charge in [-0.3, -0.25) is 4.79 Å². The molecule has 4 nitrogen and oxygen atoms in total. The Labute approximate surface area is 111 Å². The molecule has 1 heterocycles. The third kappa shape index (κ3) is 3.69. The maximum Gasteiger partial charge on any atom is 0.227 e. The summed E-state index contributed by atoms with van der Waals surface area (Å²) >= 11 is 0. The van der Waals surface area contributed by atoms with Crippen LogP contribution in [0.5, 0.6) is 0 Å². The van der Waals surface area contributed by atoms with Crippen LogP contribution in [0.15, 0.2) is 0 Å². The quantitative estimate of drug-likeness (QED) is 0.643. The van der Waals surface area contributed by atoms with Gasteiger partial charge in [-0.25, -0.2) is 0 Å². The summed E-state index contributed by atoms with van der Waals surface area (Å²) in [5.41, 5.74) is -0.225. The zero-order valence-corrected chi connectivity index (χ0v) is 12.0. The molecule has 18 heavy (non-hydrogen) atoms. The standard InChI is InChI=1S/C14H28N2O2/c1-4-6-14(7-8-15-10-14)13(18)16-12(5-9-17)11(2)3/h11-12,15,17H,4-10H2,1-3H3,(H,16,18). The van der Waals surface area contributed by atoms with Gasteiger partial charge in [-0.15, -0.1) is 0 Å². The molecule has 3 N–H and O–H groups in total. The number of carbonyl (C=O) groups excluding carboxylic acids is 1. The summed E-state index contributed by atoms with van der Waals surface area (Å²) in [6.07, 6.45) is 3.53. The average molecular weight is 256 g/mol. The fourth-order valence-corrected chi connectivity index (χ4v) is 2.78. The Balaban J connectivity index is 2.65. The van der Waals surface area contributed by atoms with Crippen LogP contribution in [0, 0.1) is 11.3 Å². The largest absolute Gasteiger partial charge is 0.396 e. The van der Waals surface area contributed by atoms with Crippen molar-refractivity contribution in [2.75, 3.05) is 19.7 Å². The van der Waals surface area contributed by atoms with Gasteiger partial charge in [-0.1, -0.05) is 27.2 Å². The number of amides is 1. The number of hydrogen-bond donors (Lipinski definition) is 3. The molecule has 0 bridgehead atoms. The Morgan fingerprint density at radius 1 is 1.50 bits per heavy atom. The van der Waals surface area contributed by atoms with Gasteiger partial charge in [-0.2, -0.15) is 0 Å². The van der Waals surface area contributed by atoms with Crippen LogP contribution in [0.1, 0.15) is 46.5 Å². The molecule has 0 aromatic carbocycles. The van der Waals surface area contributed by atoms with Gasteiger partial charge < -0.3 is 15.7 Å². The lowest BCUT2D eigenvalue weighted by atomic mass is 9.81. The van der Waals surface area contributed by atoms with Crippen LogP contribution in [0.4, 0.5) is 0 Å². The number of aliphatic hydroxyl groups excluding tert-OH is 1. The lowest BCUT2D eigenvalue weighted by molar-refractivity contribution is -0.131. The Kier molecular flexibility index (Phi) is 6.09. The molecule has 0 aliphatic carbocycles. The molecule has 1 fully saturated rings. The van der Waals surface area contributed by atoms with Crippen molar-refractivity contribution in [3.05, 3.63) is 0 Å². The maximum absolute atomic E-state index is 12.5. The lowest BCUT2D eigenvalue weighted by Crippen LogP contribution is -2.48. The third-order valence-corrected chi connectivity index (χ3v) is 4.02. The fraction of sp³-hybridized carbons (Fsp3) is 0.929. The highest BCUT2D eigenvalue weighted by Gasteiger charge is 2.40. The van der Waals surface area contributed by atoms with E-state index in [1.54, 1.807) is 0 Å². The van der Waals surface area contributed by atoms with Crippen molar-refractivity contribution in [2.45, 2.75) is 52.5 Å². The minimum Gasteiger partial charge on any atom is -0.396 e. The molecular weight excluding hydrogens is 228 g/mol. The van der Waals surface area contributed by atoms with Crippen LogP contribution < -0.4 is 10.6 Å². The van der Waals surface area contributed by atoms with Crippen molar-refractivity contribution < 1.29 is 9.90 Å². The summed E-state index contributed by atoms with van der Waals surface area (Å²) < 4.78 is 0. The van der Waals surface area contributed by atoms with Crippen molar-refractivity contribution in [2.24, 2.45) is 11.3 Å². The summed E-state index contributed by atoms with van der Waals surface area (Å²) in [4.78, 5) is 12.5. The van der Waals surface area contributed by atoms with Gasteiger partial charge in [0.2, 0.25) is 5.91 Å². The molecule has 0 aromatic heterocycles. The highest BCUT2D eigenvalue weighted by Crippen LogP contribution is 2.31. The molecule has 2 unspecified atom stereocenters. The van der Waals surface area contributed by atoms with Gasteiger partial charge in [0, 0.05) is 19.2 Å². The van der Waals surface area contributed by atoms with Gasteiger partial charge in [-0.05, 0) is 31.7 Å². The van der Waals surface area contributed by atoms with E-state index in [0.29, 0.717) is 12.3 Å². The van der Waals surface area contributed by atoms with E-state index in [1.807, 2.05) is 0 Å². The zero-order valence-electron chi connectivity index (χ0n) is 12.0. The van der Waals surface area contributed by atoms with Crippen LogP contribution in [-0.2, 0) is 4.79 Å². The second-order valence-electron chi connectivity index (χ2n) is 5.79. The lowest BCUT2D eigenvalue weighted by Gasteiger charge is -2.31. The molecule has 1 saturated heterocycles. The van der Waals surface area contributed by atoms with Gasteiger partial charge in [0.25, 0.3) is 0 Å². The molecule has 0 aromatic rings. The predicted octanol–water partition coefficient (Wildman–Crippen LogP) is 1.29. The predicted molar refractivity (Wildman–Crippen MR) is 73.3 cm³/mol. The number of hydrogen-bond acceptors (Lipinski definition) is 3. The third-order valence-electron chi connectivity index (χ3n) is 4.02. The van der Waals surface area contributed by atoms with E-state index in [1.165, 1.54) is 0 Å². The van der Waals surface area contributed by atoms with Gasteiger partial charge in [0.05, 0.1) is 5.41 Å². The normalized spacial score (nSPS) is 25.4. The smallest absolute Gasteiger partial charge is 0.227 e. The van der Waals surface area contributed by atoms with Gasteiger partial charge >= 0.3 is 0 Å². The van der Waals surface area contributed by atoms with Crippen LogP contribution in [-0.4, -0.2) is 36.8 Å². The van der Waals surface area contributed by atoms with E-state index in [-0.39, 0.29) is 24.0 Å². The van der Waals surface area contributed by atoms with Crippen molar-refractivity contribution in [3.63, 3.8) is 0 Å². The van der Waals surface area contributed by atoms with Gasteiger partial charge in [0.1, 0.15) is 0 Å².